The molecule has 0 fully saturated rings. The first kappa shape index (κ1) is 24.2. The van der Waals surface area contributed by atoms with Gasteiger partial charge in [0.05, 0.1) is 12.2 Å². The van der Waals surface area contributed by atoms with Crippen LogP contribution in [-0.4, -0.2) is 41.5 Å². The average Bonchev–Trinajstić information content (AvgIpc) is 2.86. The Kier molecular flexibility index (Phi) is 9.71. The van der Waals surface area contributed by atoms with Crippen molar-refractivity contribution in [1.29, 1.82) is 0 Å². The van der Waals surface area contributed by atoms with E-state index in [1.807, 2.05) is 25.6 Å². The zero-order valence-corrected chi connectivity index (χ0v) is 19.7. The first-order chi connectivity index (χ1) is 12.8. The summed E-state index contributed by atoms with van der Waals surface area (Å²) in [6.45, 7) is 8.78. The predicted molar refractivity (Wildman–Crippen MR) is 122 cm³/mol. The van der Waals surface area contributed by atoms with Crippen LogP contribution in [0.5, 0.6) is 5.75 Å². The number of aliphatic imine (C=N–C) groups is 1. The van der Waals surface area contributed by atoms with Crippen molar-refractivity contribution in [3.63, 3.8) is 0 Å². The number of hydrogen-bond acceptors (Lipinski definition) is 3. The molecule has 2 rings (SSSR count). The largest absolute Gasteiger partial charge is 0.489 e. The minimum absolute atomic E-state index is 0. The van der Waals surface area contributed by atoms with Crippen molar-refractivity contribution in [2.75, 3.05) is 13.6 Å². The van der Waals surface area contributed by atoms with Gasteiger partial charge in [-0.25, -0.2) is 4.39 Å². The number of hydrogen-bond donors (Lipinski definition) is 2. The van der Waals surface area contributed by atoms with Gasteiger partial charge < -0.3 is 15.4 Å². The maximum Gasteiger partial charge on any atom is 0.191 e. The van der Waals surface area contributed by atoms with Gasteiger partial charge in [0.15, 0.2) is 5.96 Å². The third kappa shape index (κ3) is 6.96. The van der Waals surface area contributed by atoms with Gasteiger partial charge in [0, 0.05) is 25.8 Å². The fourth-order valence-electron chi connectivity index (χ4n) is 2.93. The van der Waals surface area contributed by atoms with Crippen LogP contribution in [0.15, 0.2) is 29.3 Å². The molecule has 0 spiro atoms. The van der Waals surface area contributed by atoms with Crippen LogP contribution in [0.3, 0.4) is 0 Å². The summed E-state index contributed by atoms with van der Waals surface area (Å²) in [5.41, 5.74) is 3.51. The Morgan fingerprint density at radius 3 is 2.43 bits per heavy atom. The van der Waals surface area contributed by atoms with Crippen molar-refractivity contribution < 1.29 is 9.13 Å². The summed E-state index contributed by atoms with van der Waals surface area (Å²) in [7, 11) is 3.71. The minimum Gasteiger partial charge on any atom is -0.489 e. The van der Waals surface area contributed by atoms with Gasteiger partial charge in [-0.2, -0.15) is 5.10 Å². The number of rotatable bonds is 7. The maximum atomic E-state index is 13.0. The molecule has 0 amide bonds. The van der Waals surface area contributed by atoms with Crippen LogP contribution in [0.4, 0.5) is 4.39 Å². The van der Waals surface area contributed by atoms with E-state index in [-0.39, 0.29) is 41.9 Å². The highest BCUT2D eigenvalue weighted by molar-refractivity contribution is 14.0. The summed E-state index contributed by atoms with van der Waals surface area (Å²) in [5.74, 6) is 1.09. The van der Waals surface area contributed by atoms with Crippen molar-refractivity contribution in [3.8, 4) is 5.75 Å². The van der Waals surface area contributed by atoms with Crippen LogP contribution in [0, 0.1) is 19.7 Å². The van der Waals surface area contributed by atoms with Crippen molar-refractivity contribution in [1.82, 2.24) is 20.4 Å². The molecule has 0 bridgehead atoms. The molecule has 2 N–H and O–H groups in total. The monoisotopic (exact) mass is 503 g/mol. The normalized spacial score (nSPS) is 13.5. The van der Waals surface area contributed by atoms with E-state index < -0.39 is 0 Å². The third-order valence-electron chi connectivity index (χ3n) is 4.48. The standard InChI is InChI=1S/C20H30FN5O.HI/c1-13(11-19-15(3)25-26(6)16(19)4)24-20(22-5)23-12-14(2)27-18-9-7-17(21)8-10-18;/h7-10,13-14H,11-12H2,1-6H3,(H2,22,23,24);1H. The summed E-state index contributed by atoms with van der Waals surface area (Å²) in [6, 6.07) is 6.23. The molecule has 156 valence electrons. The number of guanidine groups is 1. The Morgan fingerprint density at radius 2 is 1.89 bits per heavy atom. The Labute approximate surface area is 184 Å². The molecule has 0 saturated heterocycles. The maximum absolute atomic E-state index is 13.0. The summed E-state index contributed by atoms with van der Waals surface area (Å²) in [5, 5.41) is 11.1. The van der Waals surface area contributed by atoms with E-state index in [0.29, 0.717) is 12.3 Å². The molecule has 2 atom stereocenters. The van der Waals surface area contributed by atoms with Gasteiger partial charge >= 0.3 is 0 Å². The Balaban J connectivity index is 0.00000392. The van der Waals surface area contributed by atoms with Gasteiger partial charge in [-0.05, 0) is 63.9 Å². The molecule has 8 heteroatoms. The highest BCUT2D eigenvalue weighted by Gasteiger charge is 2.14. The Hall–Kier alpha value is -1.84. The van der Waals surface area contributed by atoms with Gasteiger partial charge in [-0.15, -0.1) is 24.0 Å². The Bertz CT molecular complexity index is 776. The van der Waals surface area contributed by atoms with E-state index in [0.717, 1.165) is 18.1 Å². The molecule has 0 aliphatic carbocycles. The summed E-state index contributed by atoms with van der Waals surface area (Å²) in [6.07, 6.45) is 0.778. The molecule has 1 aromatic heterocycles. The fraction of sp³-hybridized carbons (Fsp3) is 0.500. The third-order valence-corrected chi connectivity index (χ3v) is 4.48. The molecule has 1 heterocycles. The molecular weight excluding hydrogens is 472 g/mol. The van der Waals surface area contributed by atoms with Crippen LogP contribution in [0.1, 0.15) is 30.8 Å². The smallest absolute Gasteiger partial charge is 0.191 e. The molecule has 6 nitrogen and oxygen atoms in total. The summed E-state index contributed by atoms with van der Waals surface area (Å²) < 4.78 is 20.6. The number of ether oxygens (including phenoxy) is 1. The van der Waals surface area contributed by atoms with Crippen LogP contribution in [0.25, 0.3) is 0 Å². The number of benzene rings is 1. The topological polar surface area (TPSA) is 63.5 Å². The van der Waals surface area contributed by atoms with E-state index >= 15 is 0 Å². The van der Waals surface area contributed by atoms with E-state index in [4.69, 9.17) is 4.74 Å². The van der Waals surface area contributed by atoms with Crippen LogP contribution >= 0.6 is 24.0 Å². The van der Waals surface area contributed by atoms with Gasteiger partial charge in [0.1, 0.15) is 17.7 Å². The van der Waals surface area contributed by atoms with Gasteiger partial charge in [0.2, 0.25) is 0 Å². The van der Waals surface area contributed by atoms with Crippen LogP contribution < -0.4 is 15.4 Å². The molecular formula is C20H31FIN5O. The molecule has 0 aliphatic rings. The number of aryl methyl sites for hydroxylation is 2. The minimum atomic E-state index is -0.272. The van der Waals surface area contributed by atoms with E-state index in [1.54, 1.807) is 19.2 Å². The SMILES string of the molecule is CN=C(NCC(C)Oc1ccc(F)cc1)NC(C)Cc1c(C)nn(C)c1C.I. The lowest BCUT2D eigenvalue weighted by atomic mass is 10.1. The second kappa shape index (κ2) is 11.2. The molecule has 0 aliphatic heterocycles. The molecule has 0 radical (unpaired) electrons. The lowest BCUT2D eigenvalue weighted by Crippen LogP contribution is -2.45. The van der Waals surface area contributed by atoms with Crippen LogP contribution in [0.2, 0.25) is 0 Å². The van der Waals surface area contributed by atoms with Crippen molar-refractivity contribution in [2.24, 2.45) is 12.0 Å². The van der Waals surface area contributed by atoms with E-state index in [9.17, 15) is 4.39 Å². The zero-order chi connectivity index (χ0) is 20.0. The predicted octanol–water partition coefficient (Wildman–Crippen LogP) is 3.36. The number of aromatic nitrogens is 2. The second-order valence-corrected chi connectivity index (χ2v) is 6.86. The molecule has 2 aromatic rings. The lowest BCUT2D eigenvalue weighted by Gasteiger charge is -2.21. The number of nitrogens with one attached hydrogen (secondary N) is 2. The summed E-state index contributed by atoms with van der Waals surface area (Å²) >= 11 is 0. The number of halogens is 2. The highest BCUT2D eigenvalue weighted by Crippen LogP contribution is 2.14. The zero-order valence-electron chi connectivity index (χ0n) is 17.4. The molecule has 1 aromatic carbocycles. The molecule has 2 unspecified atom stereocenters. The first-order valence-corrected chi connectivity index (χ1v) is 9.18. The first-order valence-electron chi connectivity index (χ1n) is 9.18. The van der Waals surface area contributed by atoms with Crippen molar-refractivity contribution in [3.05, 3.63) is 47.0 Å². The second-order valence-electron chi connectivity index (χ2n) is 6.86. The fourth-order valence-corrected chi connectivity index (χ4v) is 2.93. The van der Waals surface area contributed by atoms with Crippen LogP contribution in [-0.2, 0) is 13.5 Å². The highest BCUT2D eigenvalue weighted by atomic mass is 127. The van der Waals surface area contributed by atoms with E-state index in [1.165, 1.54) is 23.4 Å². The Morgan fingerprint density at radius 1 is 1.25 bits per heavy atom. The molecule has 0 saturated carbocycles. The van der Waals surface area contributed by atoms with Gasteiger partial charge in [0.25, 0.3) is 0 Å². The lowest BCUT2D eigenvalue weighted by molar-refractivity contribution is 0.223. The van der Waals surface area contributed by atoms with Crippen molar-refractivity contribution >= 4 is 29.9 Å². The van der Waals surface area contributed by atoms with Crippen molar-refractivity contribution in [2.45, 2.75) is 46.3 Å². The average molecular weight is 503 g/mol. The van der Waals surface area contributed by atoms with Gasteiger partial charge in [-0.3, -0.25) is 9.67 Å². The van der Waals surface area contributed by atoms with Gasteiger partial charge in [-0.1, -0.05) is 0 Å². The number of nitrogens with zero attached hydrogens (tertiary/aromatic N) is 3. The molecule has 28 heavy (non-hydrogen) atoms. The van der Waals surface area contributed by atoms with E-state index in [2.05, 4.69) is 34.6 Å². The summed E-state index contributed by atoms with van der Waals surface area (Å²) in [4.78, 5) is 4.28. The quantitative estimate of drug-likeness (QED) is 0.346.